The van der Waals surface area contributed by atoms with E-state index in [4.69, 9.17) is 4.98 Å². The summed E-state index contributed by atoms with van der Waals surface area (Å²) in [5.41, 5.74) is 9.60. The van der Waals surface area contributed by atoms with E-state index >= 15 is 0 Å². The number of allylic oxidation sites excluding steroid dienone is 3. The Hall–Kier alpha value is -5.46. The van der Waals surface area contributed by atoms with Crippen LogP contribution < -0.4 is 0 Å². The second-order valence-electron chi connectivity index (χ2n) is 10.1. The Balaban J connectivity index is 1.65. The van der Waals surface area contributed by atoms with Gasteiger partial charge in [0.15, 0.2) is 11.4 Å². The second-order valence-corrected chi connectivity index (χ2v) is 10.1. The first-order valence-electron chi connectivity index (χ1n) is 13.0. The lowest BCUT2D eigenvalue weighted by atomic mass is 9.99. The molecule has 6 nitrogen and oxygen atoms in total. The van der Waals surface area contributed by atoms with E-state index in [9.17, 15) is 15.3 Å². The fraction of sp³-hybridized carbons (Fsp3) is 0.118. The Bertz CT molecular complexity index is 1980. The number of carbonyl (C=O) groups is 1. The van der Waals surface area contributed by atoms with Gasteiger partial charge in [0.1, 0.15) is 23.5 Å². The number of hydrogen-bond acceptors (Lipinski definition) is 4. The van der Waals surface area contributed by atoms with Crippen molar-refractivity contribution in [2.45, 2.75) is 20.8 Å². The average molecular weight is 520 g/mol. The minimum absolute atomic E-state index is 0.0855. The molecule has 0 fully saturated rings. The first kappa shape index (κ1) is 24.9. The van der Waals surface area contributed by atoms with Crippen LogP contribution in [-0.2, 0) is 7.05 Å². The Morgan fingerprint density at radius 2 is 1.50 bits per heavy atom. The highest BCUT2D eigenvalue weighted by atomic mass is 16.1. The van der Waals surface area contributed by atoms with E-state index in [0.717, 1.165) is 45.1 Å². The van der Waals surface area contributed by atoms with E-state index in [-0.39, 0.29) is 11.4 Å². The largest absolute Gasteiger partial charge is 0.326 e. The summed E-state index contributed by atoms with van der Waals surface area (Å²) in [6, 6.07) is 27.3. The normalized spacial score (nSPS) is 13.5. The molecule has 0 bridgehead atoms. The molecule has 0 atom stereocenters. The second kappa shape index (κ2) is 9.38. The number of Topliss-reactive ketones (excluding diaryl/α,β-unsaturated/α-hetero) is 1. The Labute approximate surface area is 232 Å². The molecule has 0 N–H and O–H groups in total. The van der Waals surface area contributed by atoms with Gasteiger partial charge < -0.3 is 4.57 Å². The number of aromatic nitrogens is 3. The van der Waals surface area contributed by atoms with Gasteiger partial charge >= 0.3 is 0 Å². The molecule has 0 saturated heterocycles. The van der Waals surface area contributed by atoms with Gasteiger partial charge in [0.25, 0.3) is 0 Å². The van der Waals surface area contributed by atoms with Crippen molar-refractivity contribution in [2.24, 2.45) is 7.05 Å². The highest BCUT2D eigenvalue weighted by molar-refractivity contribution is 6.29. The fourth-order valence-corrected chi connectivity index (χ4v) is 5.86. The molecule has 0 saturated carbocycles. The van der Waals surface area contributed by atoms with Crippen LogP contribution >= 0.6 is 0 Å². The van der Waals surface area contributed by atoms with Crippen molar-refractivity contribution in [1.82, 2.24) is 14.1 Å². The number of para-hydroxylation sites is 1. The van der Waals surface area contributed by atoms with Crippen molar-refractivity contribution in [3.8, 4) is 29.2 Å². The van der Waals surface area contributed by atoms with Gasteiger partial charge in [-0.1, -0.05) is 60.2 Å². The number of ketones is 1. The van der Waals surface area contributed by atoms with Crippen molar-refractivity contribution in [1.29, 1.82) is 10.5 Å². The van der Waals surface area contributed by atoms with Crippen LogP contribution in [0.5, 0.6) is 0 Å². The molecule has 0 spiro atoms. The van der Waals surface area contributed by atoms with Gasteiger partial charge in [0.05, 0.1) is 11.2 Å². The molecule has 0 amide bonds. The molecule has 1 aliphatic rings. The van der Waals surface area contributed by atoms with Crippen LogP contribution in [0.2, 0.25) is 0 Å². The number of nitriles is 2. The van der Waals surface area contributed by atoms with E-state index < -0.39 is 0 Å². The monoisotopic (exact) mass is 519 g/mol. The number of carbonyl (C=O) groups excluding carboxylic acids is 1. The van der Waals surface area contributed by atoms with Gasteiger partial charge in [0, 0.05) is 35.0 Å². The summed E-state index contributed by atoms with van der Waals surface area (Å²) >= 11 is 0. The van der Waals surface area contributed by atoms with Crippen molar-refractivity contribution < 1.29 is 4.79 Å². The van der Waals surface area contributed by atoms with Crippen LogP contribution in [0.4, 0.5) is 0 Å². The van der Waals surface area contributed by atoms with Crippen LogP contribution in [-0.4, -0.2) is 19.9 Å². The number of fused-ring (bicyclic) bond motifs is 2. The van der Waals surface area contributed by atoms with E-state index in [0.29, 0.717) is 22.3 Å². The van der Waals surface area contributed by atoms with Gasteiger partial charge in [-0.05, 0) is 61.7 Å². The van der Waals surface area contributed by atoms with Crippen molar-refractivity contribution in [3.63, 3.8) is 0 Å². The van der Waals surface area contributed by atoms with Crippen LogP contribution in [0.25, 0.3) is 39.9 Å². The fourth-order valence-electron chi connectivity index (χ4n) is 5.86. The average Bonchev–Trinajstić information content (AvgIpc) is 3.54. The summed E-state index contributed by atoms with van der Waals surface area (Å²) in [6.07, 6.45) is 1.78. The number of aryl methyl sites for hydroxylation is 4. The molecule has 0 unspecified atom stereocenters. The molecule has 5 aromatic rings. The summed E-state index contributed by atoms with van der Waals surface area (Å²) in [6.45, 7) is 6.31. The van der Waals surface area contributed by atoms with E-state index in [1.54, 1.807) is 24.3 Å². The van der Waals surface area contributed by atoms with Gasteiger partial charge in [-0.25, -0.2) is 4.98 Å². The summed E-state index contributed by atoms with van der Waals surface area (Å²) in [5, 5.41) is 19.5. The Morgan fingerprint density at radius 3 is 2.15 bits per heavy atom. The molecule has 192 valence electrons. The zero-order valence-corrected chi connectivity index (χ0v) is 22.6. The predicted molar refractivity (Wildman–Crippen MR) is 157 cm³/mol. The summed E-state index contributed by atoms with van der Waals surface area (Å²) < 4.78 is 4.11. The lowest BCUT2D eigenvalue weighted by Gasteiger charge is -2.12. The molecule has 2 aromatic heterocycles. The maximum atomic E-state index is 13.6. The SMILES string of the molecule is Cc1cc(C)c(-c2nc3c(cc(/C=C4\C(=O)c5ccccc5C4=C(C#N)C#N)n3-c3ccccc3)n2C)c(C)c1. The van der Waals surface area contributed by atoms with Crippen LogP contribution in [0.3, 0.4) is 0 Å². The molecule has 40 heavy (non-hydrogen) atoms. The topological polar surface area (TPSA) is 87.4 Å². The van der Waals surface area contributed by atoms with Gasteiger partial charge in [-0.2, -0.15) is 10.5 Å². The molecular weight excluding hydrogens is 494 g/mol. The zero-order valence-electron chi connectivity index (χ0n) is 22.6. The molecule has 6 rings (SSSR count). The Kier molecular flexibility index (Phi) is 5.83. The van der Waals surface area contributed by atoms with Gasteiger partial charge in [0.2, 0.25) is 0 Å². The number of nitrogens with zero attached hydrogens (tertiary/aromatic N) is 5. The number of benzene rings is 3. The summed E-state index contributed by atoms with van der Waals surface area (Å²) in [4.78, 5) is 18.8. The lowest BCUT2D eigenvalue weighted by Crippen LogP contribution is -2.01. The first-order chi connectivity index (χ1) is 19.3. The highest BCUT2D eigenvalue weighted by Crippen LogP contribution is 2.41. The summed E-state index contributed by atoms with van der Waals surface area (Å²) in [7, 11) is 2.00. The standard InChI is InChI=1S/C34H25N5O/c1-20-14-21(2)30(22(3)15-20)34-37-33-29(38(34)4)17-25(39(33)24-10-6-5-7-11-24)16-28-31(23(18-35)19-36)26-12-8-9-13-27(26)32(28)40/h5-17H,1-4H3/b28-16-. The van der Waals surface area contributed by atoms with E-state index in [1.807, 2.05) is 66.2 Å². The highest BCUT2D eigenvalue weighted by Gasteiger charge is 2.33. The summed E-state index contributed by atoms with van der Waals surface area (Å²) in [5.74, 6) is 0.656. The Morgan fingerprint density at radius 1 is 0.875 bits per heavy atom. The predicted octanol–water partition coefficient (Wildman–Crippen LogP) is 7.04. The van der Waals surface area contributed by atoms with Crippen molar-refractivity contribution >= 4 is 28.6 Å². The molecule has 6 heteroatoms. The van der Waals surface area contributed by atoms with E-state index in [2.05, 4.69) is 37.5 Å². The lowest BCUT2D eigenvalue weighted by molar-refractivity contribution is 0.104. The molecule has 2 heterocycles. The van der Waals surface area contributed by atoms with Crippen LogP contribution in [0.1, 0.15) is 38.3 Å². The number of rotatable bonds is 3. The van der Waals surface area contributed by atoms with E-state index in [1.165, 1.54) is 5.56 Å². The zero-order chi connectivity index (χ0) is 28.1. The third-order valence-corrected chi connectivity index (χ3v) is 7.51. The smallest absolute Gasteiger partial charge is 0.194 e. The number of hydrogen-bond donors (Lipinski definition) is 0. The van der Waals surface area contributed by atoms with Crippen LogP contribution in [0.15, 0.2) is 83.9 Å². The molecule has 3 aromatic carbocycles. The maximum Gasteiger partial charge on any atom is 0.194 e. The quantitative estimate of drug-likeness (QED) is 0.189. The van der Waals surface area contributed by atoms with Crippen molar-refractivity contribution in [3.05, 3.63) is 117 Å². The van der Waals surface area contributed by atoms with Gasteiger partial charge in [-0.15, -0.1) is 0 Å². The molecular formula is C34H25N5O. The molecule has 0 aliphatic heterocycles. The molecule has 1 aliphatic carbocycles. The van der Waals surface area contributed by atoms with Gasteiger partial charge in [-0.3, -0.25) is 9.36 Å². The third-order valence-electron chi connectivity index (χ3n) is 7.51. The van der Waals surface area contributed by atoms with Crippen molar-refractivity contribution in [2.75, 3.05) is 0 Å². The first-order valence-corrected chi connectivity index (χ1v) is 13.0. The molecule has 0 radical (unpaired) electrons. The maximum absolute atomic E-state index is 13.6. The minimum Gasteiger partial charge on any atom is -0.326 e. The minimum atomic E-state index is -0.210. The van der Waals surface area contributed by atoms with Crippen LogP contribution in [0, 0.1) is 43.4 Å². The number of imidazole rings is 1. The third kappa shape index (κ3) is 3.70.